The Balaban J connectivity index is 2.02. The molecule has 0 bridgehead atoms. The summed E-state index contributed by atoms with van der Waals surface area (Å²) >= 11 is 0. The summed E-state index contributed by atoms with van der Waals surface area (Å²) in [6.45, 7) is 0. The van der Waals surface area contributed by atoms with Crippen LogP contribution in [-0.2, 0) is 0 Å². The Labute approximate surface area is 85.6 Å². The molecule has 4 nitrogen and oxygen atoms in total. The molecule has 0 aliphatic rings. The van der Waals surface area contributed by atoms with Gasteiger partial charge in [-0.1, -0.05) is 0 Å². The Morgan fingerprint density at radius 2 is 1.73 bits per heavy atom. The van der Waals surface area contributed by atoms with E-state index in [0.29, 0.717) is 11.6 Å². The number of nitrogens with zero attached hydrogens (tertiary/aromatic N) is 1. The zero-order chi connectivity index (χ0) is 10.1. The Morgan fingerprint density at radius 3 is 2.40 bits per heavy atom. The molecular formula is C11H8N2O2. The smallest absolute Gasteiger partial charge is 0.174 e. The van der Waals surface area contributed by atoms with Crippen LogP contribution >= 0.6 is 0 Å². The molecule has 0 unspecified atom stereocenters. The van der Waals surface area contributed by atoms with Crippen LogP contribution in [-0.4, -0.2) is 9.97 Å². The van der Waals surface area contributed by atoms with Crippen molar-refractivity contribution in [3.05, 3.63) is 43.0 Å². The van der Waals surface area contributed by atoms with Crippen LogP contribution in [0.15, 0.2) is 51.8 Å². The Hall–Kier alpha value is -2.23. The third-order valence-corrected chi connectivity index (χ3v) is 2.12. The van der Waals surface area contributed by atoms with Crippen LogP contribution in [0.2, 0.25) is 0 Å². The first-order chi connectivity index (χ1) is 7.43. The molecule has 0 radical (unpaired) electrons. The van der Waals surface area contributed by atoms with Gasteiger partial charge in [-0.3, -0.25) is 0 Å². The lowest BCUT2D eigenvalue weighted by atomic mass is 10.3. The first kappa shape index (κ1) is 8.11. The predicted molar refractivity (Wildman–Crippen MR) is 54.0 cm³/mol. The SMILES string of the molecule is c1coc(-c2cnc(-c3ccco3)[nH]2)c1. The van der Waals surface area contributed by atoms with Crippen LogP contribution in [0, 0.1) is 0 Å². The van der Waals surface area contributed by atoms with Crippen molar-refractivity contribution in [2.75, 3.05) is 0 Å². The molecule has 0 fully saturated rings. The number of aromatic nitrogens is 2. The number of imidazole rings is 1. The Morgan fingerprint density at radius 1 is 1.00 bits per heavy atom. The molecule has 0 atom stereocenters. The monoisotopic (exact) mass is 200 g/mol. The van der Waals surface area contributed by atoms with Crippen molar-refractivity contribution in [1.82, 2.24) is 9.97 Å². The molecule has 0 aliphatic carbocycles. The zero-order valence-electron chi connectivity index (χ0n) is 7.81. The Kier molecular flexibility index (Phi) is 1.71. The van der Waals surface area contributed by atoms with E-state index < -0.39 is 0 Å². The topological polar surface area (TPSA) is 55.0 Å². The predicted octanol–water partition coefficient (Wildman–Crippen LogP) is 2.93. The van der Waals surface area contributed by atoms with Gasteiger partial charge >= 0.3 is 0 Å². The van der Waals surface area contributed by atoms with Crippen LogP contribution in [0.5, 0.6) is 0 Å². The van der Waals surface area contributed by atoms with Crippen LogP contribution < -0.4 is 0 Å². The van der Waals surface area contributed by atoms with E-state index in [4.69, 9.17) is 8.83 Å². The fraction of sp³-hybridized carbons (Fsp3) is 0. The van der Waals surface area contributed by atoms with Crippen LogP contribution in [0.25, 0.3) is 23.0 Å². The Bertz CT molecular complexity index is 486. The van der Waals surface area contributed by atoms with Gasteiger partial charge in [-0.25, -0.2) is 4.98 Å². The molecule has 3 aromatic rings. The van der Waals surface area contributed by atoms with E-state index in [-0.39, 0.29) is 0 Å². The summed E-state index contributed by atoms with van der Waals surface area (Å²) in [6, 6.07) is 7.39. The number of nitrogens with one attached hydrogen (secondary N) is 1. The summed E-state index contributed by atoms with van der Waals surface area (Å²) in [5, 5.41) is 0. The highest BCUT2D eigenvalue weighted by molar-refractivity contribution is 5.57. The second kappa shape index (κ2) is 3.16. The lowest BCUT2D eigenvalue weighted by Gasteiger charge is -1.89. The lowest BCUT2D eigenvalue weighted by molar-refractivity contribution is 0.576. The number of furan rings is 2. The highest BCUT2D eigenvalue weighted by Crippen LogP contribution is 2.22. The van der Waals surface area contributed by atoms with E-state index in [2.05, 4.69) is 9.97 Å². The molecule has 0 saturated heterocycles. The van der Waals surface area contributed by atoms with E-state index in [0.717, 1.165) is 11.5 Å². The van der Waals surface area contributed by atoms with E-state index in [1.807, 2.05) is 24.3 Å². The highest BCUT2D eigenvalue weighted by Gasteiger charge is 2.08. The van der Waals surface area contributed by atoms with E-state index in [1.54, 1.807) is 18.7 Å². The van der Waals surface area contributed by atoms with Crippen LogP contribution in [0.4, 0.5) is 0 Å². The molecule has 15 heavy (non-hydrogen) atoms. The largest absolute Gasteiger partial charge is 0.463 e. The number of aromatic amines is 1. The maximum absolute atomic E-state index is 5.25. The fourth-order valence-corrected chi connectivity index (χ4v) is 1.42. The molecule has 0 aliphatic heterocycles. The van der Waals surface area contributed by atoms with Gasteiger partial charge in [0.2, 0.25) is 0 Å². The summed E-state index contributed by atoms with van der Waals surface area (Å²) in [5.74, 6) is 2.18. The van der Waals surface area contributed by atoms with Gasteiger partial charge in [0.15, 0.2) is 17.3 Å². The van der Waals surface area contributed by atoms with Crippen molar-refractivity contribution in [2.45, 2.75) is 0 Å². The van der Waals surface area contributed by atoms with Gasteiger partial charge in [0.1, 0.15) is 5.69 Å². The van der Waals surface area contributed by atoms with Crippen molar-refractivity contribution in [1.29, 1.82) is 0 Å². The van der Waals surface area contributed by atoms with Crippen molar-refractivity contribution in [3.63, 3.8) is 0 Å². The highest BCUT2D eigenvalue weighted by atomic mass is 16.3. The molecule has 3 heterocycles. The summed E-state index contributed by atoms with van der Waals surface area (Å²) < 4.78 is 10.5. The normalized spacial score (nSPS) is 10.7. The van der Waals surface area contributed by atoms with Crippen molar-refractivity contribution in [3.8, 4) is 23.0 Å². The van der Waals surface area contributed by atoms with Crippen LogP contribution in [0.1, 0.15) is 0 Å². The molecule has 4 heteroatoms. The minimum Gasteiger partial charge on any atom is -0.463 e. The van der Waals surface area contributed by atoms with Gasteiger partial charge < -0.3 is 13.8 Å². The molecular weight excluding hydrogens is 192 g/mol. The lowest BCUT2D eigenvalue weighted by Crippen LogP contribution is -1.76. The molecule has 3 aromatic heterocycles. The van der Waals surface area contributed by atoms with Crippen molar-refractivity contribution < 1.29 is 8.83 Å². The number of hydrogen-bond acceptors (Lipinski definition) is 3. The quantitative estimate of drug-likeness (QED) is 0.691. The average Bonchev–Trinajstić information content (AvgIpc) is 3.02. The summed E-state index contributed by atoms with van der Waals surface area (Å²) in [7, 11) is 0. The van der Waals surface area contributed by atoms with E-state index in [1.165, 1.54) is 0 Å². The second-order valence-corrected chi connectivity index (χ2v) is 3.10. The minimum atomic E-state index is 0.700. The first-order valence-corrected chi connectivity index (χ1v) is 4.56. The number of rotatable bonds is 2. The summed E-state index contributed by atoms with van der Waals surface area (Å²) in [4.78, 5) is 7.32. The van der Waals surface area contributed by atoms with Crippen molar-refractivity contribution >= 4 is 0 Å². The molecule has 0 amide bonds. The van der Waals surface area contributed by atoms with Crippen LogP contribution in [0.3, 0.4) is 0 Å². The summed E-state index contributed by atoms with van der Waals surface area (Å²) in [5.41, 5.74) is 0.839. The minimum absolute atomic E-state index is 0.700. The van der Waals surface area contributed by atoms with Gasteiger partial charge in [-0.05, 0) is 24.3 Å². The third-order valence-electron chi connectivity index (χ3n) is 2.12. The van der Waals surface area contributed by atoms with E-state index >= 15 is 0 Å². The third kappa shape index (κ3) is 1.36. The van der Waals surface area contributed by atoms with E-state index in [9.17, 15) is 0 Å². The van der Waals surface area contributed by atoms with Gasteiger partial charge in [-0.2, -0.15) is 0 Å². The average molecular weight is 200 g/mol. The molecule has 3 rings (SSSR count). The maximum atomic E-state index is 5.25. The maximum Gasteiger partial charge on any atom is 0.174 e. The van der Waals surface area contributed by atoms with Crippen molar-refractivity contribution in [2.24, 2.45) is 0 Å². The standard InChI is InChI=1S/C11H8N2O2/c1-3-9(14-5-1)8-7-12-11(13-8)10-4-2-6-15-10/h1-7H,(H,12,13). The van der Waals surface area contributed by atoms with Gasteiger partial charge in [0.05, 0.1) is 18.7 Å². The first-order valence-electron chi connectivity index (χ1n) is 4.56. The van der Waals surface area contributed by atoms with Gasteiger partial charge in [0.25, 0.3) is 0 Å². The van der Waals surface area contributed by atoms with Gasteiger partial charge in [0, 0.05) is 0 Å². The number of hydrogen-bond donors (Lipinski definition) is 1. The molecule has 0 saturated carbocycles. The molecule has 1 N–H and O–H groups in total. The molecule has 74 valence electrons. The molecule has 0 aromatic carbocycles. The number of H-pyrrole nitrogens is 1. The summed E-state index contributed by atoms with van der Waals surface area (Å²) in [6.07, 6.45) is 4.96. The molecule has 0 spiro atoms. The zero-order valence-corrected chi connectivity index (χ0v) is 7.81. The fourth-order valence-electron chi connectivity index (χ4n) is 1.42. The van der Waals surface area contributed by atoms with Gasteiger partial charge in [-0.15, -0.1) is 0 Å². The second-order valence-electron chi connectivity index (χ2n) is 3.10.